The van der Waals surface area contributed by atoms with Gasteiger partial charge in [0, 0.05) is 15.7 Å². The van der Waals surface area contributed by atoms with Gasteiger partial charge in [0.2, 0.25) is 0 Å². The Morgan fingerprint density at radius 1 is 1.39 bits per heavy atom. The van der Waals surface area contributed by atoms with Crippen LogP contribution in [0.15, 0.2) is 41.0 Å². The van der Waals surface area contributed by atoms with Gasteiger partial charge in [-0.2, -0.15) is 0 Å². The number of benzene rings is 1. The second-order valence-electron chi connectivity index (χ2n) is 3.92. The Morgan fingerprint density at radius 3 is 2.89 bits per heavy atom. The molecule has 0 spiro atoms. The predicted molar refractivity (Wildman–Crippen MR) is 74.0 cm³/mol. The van der Waals surface area contributed by atoms with Crippen LogP contribution < -0.4 is 5.73 Å². The van der Waals surface area contributed by atoms with Crippen LogP contribution in [-0.2, 0) is 6.42 Å². The third kappa shape index (κ3) is 3.07. The first-order chi connectivity index (χ1) is 8.58. The minimum absolute atomic E-state index is 0.318. The van der Waals surface area contributed by atoms with E-state index in [0.717, 1.165) is 10.2 Å². The summed E-state index contributed by atoms with van der Waals surface area (Å²) in [5.41, 5.74) is 7.49. The summed E-state index contributed by atoms with van der Waals surface area (Å²) in [7, 11) is 0. The van der Waals surface area contributed by atoms with Crippen molar-refractivity contribution >= 4 is 27.5 Å². The highest BCUT2D eigenvalue weighted by Gasteiger charge is 2.14. The first-order valence-electron chi connectivity index (χ1n) is 5.38. The standard InChI is InChI=1S/C13H11BrClFN2/c14-10-2-1-5-18-13(10)12(17)7-8-6-9(16)3-4-11(8)15/h1-6,12H,7,17H2. The Balaban J connectivity index is 2.24. The molecule has 18 heavy (non-hydrogen) atoms. The van der Waals surface area contributed by atoms with E-state index in [1.807, 2.05) is 12.1 Å². The van der Waals surface area contributed by atoms with E-state index < -0.39 is 0 Å². The summed E-state index contributed by atoms with van der Waals surface area (Å²) in [6, 6.07) is 7.62. The van der Waals surface area contributed by atoms with E-state index in [-0.39, 0.29) is 11.9 Å². The molecule has 0 aliphatic heterocycles. The van der Waals surface area contributed by atoms with Gasteiger partial charge in [-0.25, -0.2) is 4.39 Å². The molecule has 1 heterocycles. The lowest BCUT2D eigenvalue weighted by Gasteiger charge is -2.13. The molecule has 2 rings (SSSR count). The van der Waals surface area contributed by atoms with Gasteiger partial charge in [-0.15, -0.1) is 0 Å². The second kappa shape index (κ2) is 5.78. The molecule has 2 N–H and O–H groups in total. The zero-order chi connectivity index (χ0) is 13.1. The fraction of sp³-hybridized carbons (Fsp3) is 0.154. The van der Waals surface area contributed by atoms with Gasteiger partial charge in [-0.3, -0.25) is 4.98 Å². The second-order valence-corrected chi connectivity index (χ2v) is 5.18. The molecule has 5 heteroatoms. The van der Waals surface area contributed by atoms with Crippen LogP contribution in [-0.4, -0.2) is 4.98 Å². The van der Waals surface area contributed by atoms with Gasteiger partial charge in [-0.05, 0) is 58.2 Å². The molecule has 1 aromatic carbocycles. The lowest BCUT2D eigenvalue weighted by Crippen LogP contribution is -2.15. The van der Waals surface area contributed by atoms with E-state index in [4.69, 9.17) is 17.3 Å². The van der Waals surface area contributed by atoms with Crippen molar-refractivity contribution in [2.75, 3.05) is 0 Å². The Hall–Kier alpha value is -0.970. The Morgan fingerprint density at radius 2 is 2.17 bits per heavy atom. The lowest BCUT2D eigenvalue weighted by atomic mass is 10.0. The van der Waals surface area contributed by atoms with Gasteiger partial charge in [-0.1, -0.05) is 11.6 Å². The van der Waals surface area contributed by atoms with E-state index in [0.29, 0.717) is 17.0 Å². The molecule has 0 saturated heterocycles. The minimum Gasteiger partial charge on any atom is -0.322 e. The van der Waals surface area contributed by atoms with Crippen LogP contribution in [0.2, 0.25) is 5.02 Å². The monoisotopic (exact) mass is 328 g/mol. The highest BCUT2D eigenvalue weighted by atomic mass is 79.9. The fourth-order valence-corrected chi connectivity index (χ4v) is 2.45. The van der Waals surface area contributed by atoms with Crippen LogP contribution in [0, 0.1) is 5.82 Å². The Kier molecular flexibility index (Phi) is 4.32. The molecule has 0 aliphatic carbocycles. The third-order valence-corrected chi connectivity index (χ3v) is 3.63. The van der Waals surface area contributed by atoms with Gasteiger partial charge in [0.05, 0.1) is 11.7 Å². The maximum Gasteiger partial charge on any atom is 0.123 e. The van der Waals surface area contributed by atoms with Gasteiger partial charge in [0.25, 0.3) is 0 Å². The average molecular weight is 330 g/mol. The number of hydrogen-bond donors (Lipinski definition) is 1. The van der Waals surface area contributed by atoms with Gasteiger partial charge >= 0.3 is 0 Å². The molecule has 0 bridgehead atoms. The third-order valence-electron chi connectivity index (χ3n) is 2.59. The number of nitrogens with zero attached hydrogens (tertiary/aromatic N) is 1. The summed E-state index contributed by atoms with van der Waals surface area (Å²) in [5.74, 6) is -0.318. The molecule has 1 aromatic heterocycles. The van der Waals surface area contributed by atoms with E-state index in [1.165, 1.54) is 18.2 Å². The zero-order valence-electron chi connectivity index (χ0n) is 9.41. The van der Waals surface area contributed by atoms with Gasteiger partial charge in [0.1, 0.15) is 5.82 Å². The van der Waals surface area contributed by atoms with E-state index in [9.17, 15) is 4.39 Å². The van der Waals surface area contributed by atoms with Crippen LogP contribution >= 0.6 is 27.5 Å². The molecular formula is C13H11BrClFN2. The predicted octanol–water partition coefficient (Wildman–Crippen LogP) is 3.88. The molecule has 0 fully saturated rings. The number of nitrogens with two attached hydrogens (primary N) is 1. The van der Waals surface area contributed by atoms with Crippen molar-refractivity contribution in [3.05, 3.63) is 63.1 Å². The first kappa shape index (κ1) is 13.5. The SMILES string of the molecule is NC(Cc1cc(F)ccc1Cl)c1ncccc1Br. The number of hydrogen-bond acceptors (Lipinski definition) is 2. The van der Waals surface area contributed by atoms with Crippen molar-refractivity contribution in [1.29, 1.82) is 0 Å². The maximum absolute atomic E-state index is 13.2. The number of rotatable bonds is 3. The minimum atomic E-state index is -0.333. The first-order valence-corrected chi connectivity index (χ1v) is 6.55. The summed E-state index contributed by atoms with van der Waals surface area (Å²) in [5, 5.41) is 0.513. The van der Waals surface area contributed by atoms with E-state index in [2.05, 4.69) is 20.9 Å². The Bertz CT molecular complexity index is 562. The van der Waals surface area contributed by atoms with Crippen LogP contribution in [0.5, 0.6) is 0 Å². The normalized spacial score (nSPS) is 12.4. The Labute approximate surface area is 118 Å². The molecule has 0 saturated carbocycles. The van der Waals surface area contributed by atoms with Crippen LogP contribution in [0.4, 0.5) is 4.39 Å². The van der Waals surface area contributed by atoms with Gasteiger partial charge in [0.15, 0.2) is 0 Å². The summed E-state index contributed by atoms with van der Waals surface area (Å²) >= 11 is 9.41. The van der Waals surface area contributed by atoms with Crippen LogP contribution in [0.25, 0.3) is 0 Å². The molecule has 0 amide bonds. The maximum atomic E-state index is 13.2. The topological polar surface area (TPSA) is 38.9 Å². The summed E-state index contributed by atoms with van der Waals surface area (Å²) in [4.78, 5) is 4.22. The molecule has 1 atom stereocenters. The van der Waals surface area contributed by atoms with E-state index in [1.54, 1.807) is 6.20 Å². The molecule has 0 aliphatic rings. The van der Waals surface area contributed by atoms with Crippen molar-refractivity contribution in [2.24, 2.45) is 5.73 Å². The van der Waals surface area contributed by atoms with Crippen LogP contribution in [0.3, 0.4) is 0 Å². The molecule has 94 valence electrons. The average Bonchev–Trinajstić information content (AvgIpc) is 2.34. The quantitative estimate of drug-likeness (QED) is 0.928. The van der Waals surface area contributed by atoms with Crippen molar-refractivity contribution in [3.63, 3.8) is 0 Å². The molecule has 2 aromatic rings. The highest BCUT2D eigenvalue weighted by Crippen LogP contribution is 2.25. The number of pyridine rings is 1. The fourth-order valence-electron chi connectivity index (χ4n) is 1.70. The molecule has 1 unspecified atom stereocenters. The molecule has 0 radical (unpaired) electrons. The van der Waals surface area contributed by atoms with Crippen LogP contribution in [0.1, 0.15) is 17.3 Å². The van der Waals surface area contributed by atoms with Crippen molar-refractivity contribution in [2.45, 2.75) is 12.5 Å². The zero-order valence-corrected chi connectivity index (χ0v) is 11.7. The highest BCUT2D eigenvalue weighted by molar-refractivity contribution is 9.10. The lowest BCUT2D eigenvalue weighted by molar-refractivity contribution is 0.620. The summed E-state index contributed by atoms with van der Waals surface area (Å²) in [6.45, 7) is 0. The van der Waals surface area contributed by atoms with Crippen molar-refractivity contribution in [1.82, 2.24) is 4.98 Å². The summed E-state index contributed by atoms with van der Waals surface area (Å²) < 4.78 is 14.0. The van der Waals surface area contributed by atoms with Crippen molar-refractivity contribution < 1.29 is 4.39 Å². The van der Waals surface area contributed by atoms with Crippen molar-refractivity contribution in [3.8, 4) is 0 Å². The summed E-state index contributed by atoms with van der Waals surface area (Å²) in [6.07, 6.45) is 2.11. The smallest absolute Gasteiger partial charge is 0.123 e. The molecule has 2 nitrogen and oxygen atoms in total. The number of halogens is 3. The van der Waals surface area contributed by atoms with Gasteiger partial charge < -0.3 is 5.73 Å². The largest absolute Gasteiger partial charge is 0.322 e. The molecular weight excluding hydrogens is 319 g/mol. The van der Waals surface area contributed by atoms with E-state index >= 15 is 0 Å². The number of aromatic nitrogens is 1.